The van der Waals surface area contributed by atoms with Gasteiger partial charge in [-0.05, 0) is 29.8 Å². The topological polar surface area (TPSA) is 173 Å². The molecular weight excluding hydrogens is 438 g/mol. The Morgan fingerprint density at radius 3 is 2.00 bits per heavy atom. The van der Waals surface area contributed by atoms with E-state index in [1.54, 1.807) is 0 Å². The number of aliphatic hydroxyl groups is 2. The molecule has 0 saturated carbocycles. The molecule has 2 aromatic carbocycles. The summed E-state index contributed by atoms with van der Waals surface area (Å²) < 4.78 is 5.19. The number of hydrogen-bond donors (Lipinski definition) is 2. The van der Waals surface area contributed by atoms with Crippen molar-refractivity contribution in [3.05, 3.63) is 85.5 Å². The van der Waals surface area contributed by atoms with Gasteiger partial charge in [0.2, 0.25) is 0 Å². The minimum atomic E-state index is -1.07. The first-order chi connectivity index (χ1) is 15.8. The van der Waals surface area contributed by atoms with Gasteiger partial charge in [-0.2, -0.15) is 0 Å². The van der Waals surface area contributed by atoms with Crippen LogP contribution in [0.25, 0.3) is 5.76 Å². The quantitative estimate of drug-likeness (QED) is 0.142. The molecule has 0 aromatic heterocycles. The minimum absolute atomic E-state index is 0.00532. The zero-order valence-electron chi connectivity index (χ0n) is 17.1. The fourth-order valence-electron chi connectivity index (χ4n) is 3.46. The molecule has 0 bridgehead atoms. The summed E-state index contributed by atoms with van der Waals surface area (Å²) in [5.41, 5.74) is -0.255. The van der Waals surface area contributed by atoms with Gasteiger partial charge in [0.15, 0.2) is 0 Å². The number of likely N-dealkylation sites (tertiary alicyclic amines) is 1. The number of ketones is 1. The molecule has 1 heterocycles. The fraction of sp³-hybridized carbons (Fsp3) is 0.238. The van der Waals surface area contributed by atoms with Gasteiger partial charge in [-0.1, -0.05) is 0 Å². The van der Waals surface area contributed by atoms with Crippen LogP contribution in [0, 0.1) is 20.2 Å². The molecule has 3 rings (SSSR count). The predicted molar refractivity (Wildman–Crippen MR) is 113 cm³/mol. The van der Waals surface area contributed by atoms with Crippen molar-refractivity contribution >= 4 is 28.8 Å². The highest BCUT2D eigenvalue weighted by Gasteiger charge is 2.46. The zero-order chi connectivity index (χ0) is 24.1. The van der Waals surface area contributed by atoms with Gasteiger partial charge in [0.1, 0.15) is 5.76 Å². The molecule has 1 fully saturated rings. The molecule has 1 amide bonds. The lowest BCUT2D eigenvalue weighted by Gasteiger charge is -2.25. The van der Waals surface area contributed by atoms with Crippen molar-refractivity contribution < 1.29 is 34.4 Å². The SMILES string of the molecule is O=C1C(=O)N(CCOCCO)[C@@H](c2ccc([N+](=O)[O-])cc2)C1=C(O)c1ccc([N+](=O)[O-])cc1. The van der Waals surface area contributed by atoms with Gasteiger partial charge in [-0.3, -0.25) is 29.8 Å². The van der Waals surface area contributed by atoms with Crippen LogP contribution < -0.4 is 0 Å². The molecule has 1 saturated heterocycles. The summed E-state index contributed by atoms with van der Waals surface area (Å²) in [6, 6.07) is 8.89. The van der Waals surface area contributed by atoms with Crippen LogP contribution in [0.1, 0.15) is 17.2 Å². The molecule has 12 nitrogen and oxygen atoms in total. The summed E-state index contributed by atoms with van der Waals surface area (Å²) in [5, 5.41) is 41.6. The van der Waals surface area contributed by atoms with E-state index in [0.29, 0.717) is 5.56 Å². The second-order valence-electron chi connectivity index (χ2n) is 6.98. The highest BCUT2D eigenvalue weighted by atomic mass is 16.6. The van der Waals surface area contributed by atoms with Crippen molar-refractivity contribution in [3.8, 4) is 0 Å². The van der Waals surface area contributed by atoms with Crippen molar-refractivity contribution in [1.29, 1.82) is 0 Å². The van der Waals surface area contributed by atoms with Crippen molar-refractivity contribution in [2.75, 3.05) is 26.4 Å². The Balaban J connectivity index is 2.07. The second kappa shape index (κ2) is 9.97. The molecule has 0 radical (unpaired) electrons. The lowest BCUT2D eigenvalue weighted by atomic mass is 9.95. The lowest BCUT2D eigenvalue weighted by molar-refractivity contribution is -0.385. The van der Waals surface area contributed by atoms with Crippen LogP contribution in [-0.4, -0.2) is 63.0 Å². The average Bonchev–Trinajstić information content (AvgIpc) is 3.06. The van der Waals surface area contributed by atoms with Gasteiger partial charge in [0, 0.05) is 36.4 Å². The fourth-order valence-corrected chi connectivity index (χ4v) is 3.46. The summed E-state index contributed by atoms with van der Waals surface area (Å²) >= 11 is 0. The number of non-ortho nitro benzene ring substituents is 2. The van der Waals surface area contributed by atoms with Crippen molar-refractivity contribution in [1.82, 2.24) is 4.90 Å². The van der Waals surface area contributed by atoms with E-state index in [0.717, 1.165) is 17.0 Å². The Bertz CT molecular complexity index is 1110. The number of nitro benzene ring substituents is 2. The number of benzene rings is 2. The molecule has 2 aromatic rings. The molecule has 33 heavy (non-hydrogen) atoms. The first kappa shape index (κ1) is 23.5. The van der Waals surface area contributed by atoms with Gasteiger partial charge in [0.05, 0.1) is 41.3 Å². The molecule has 1 aliphatic rings. The summed E-state index contributed by atoms with van der Waals surface area (Å²) in [5.74, 6) is -2.42. The number of rotatable bonds is 9. The van der Waals surface area contributed by atoms with E-state index < -0.39 is 33.3 Å². The maximum atomic E-state index is 12.8. The van der Waals surface area contributed by atoms with E-state index in [1.165, 1.54) is 36.4 Å². The van der Waals surface area contributed by atoms with E-state index in [1.807, 2.05) is 0 Å². The Morgan fingerprint density at radius 1 is 0.939 bits per heavy atom. The van der Waals surface area contributed by atoms with Gasteiger partial charge >= 0.3 is 0 Å². The molecule has 1 aliphatic heterocycles. The van der Waals surface area contributed by atoms with Crippen LogP contribution in [0.3, 0.4) is 0 Å². The maximum absolute atomic E-state index is 12.8. The van der Waals surface area contributed by atoms with Crippen LogP contribution in [0.4, 0.5) is 11.4 Å². The van der Waals surface area contributed by atoms with Crippen LogP contribution in [0.5, 0.6) is 0 Å². The van der Waals surface area contributed by atoms with Gasteiger partial charge < -0.3 is 19.8 Å². The Morgan fingerprint density at radius 2 is 1.48 bits per heavy atom. The number of aliphatic hydroxyl groups excluding tert-OH is 2. The first-order valence-electron chi connectivity index (χ1n) is 9.72. The third-order valence-electron chi connectivity index (χ3n) is 5.02. The first-order valence-corrected chi connectivity index (χ1v) is 9.72. The molecule has 2 N–H and O–H groups in total. The Labute approximate surface area is 186 Å². The van der Waals surface area contributed by atoms with Crippen molar-refractivity contribution in [3.63, 3.8) is 0 Å². The van der Waals surface area contributed by atoms with Gasteiger partial charge in [0.25, 0.3) is 23.1 Å². The van der Waals surface area contributed by atoms with Crippen LogP contribution in [0.2, 0.25) is 0 Å². The highest BCUT2D eigenvalue weighted by molar-refractivity contribution is 6.46. The summed E-state index contributed by atoms with van der Waals surface area (Å²) in [6.07, 6.45) is 0. The minimum Gasteiger partial charge on any atom is -0.507 e. The van der Waals surface area contributed by atoms with E-state index in [2.05, 4.69) is 0 Å². The van der Waals surface area contributed by atoms with Crippen LogP contribution >= 0.6 is 0 Å². The lowest BCUT2D eigenvalue weighted by Crippen LogP contribution is -2.33. The van der Waals surface area contributed by atoms with E-state index in [9.17, 15) is 34.9 Å². The smallest absolute Gasteiger partial charge is 0.295 e. The number of carbonyl (C=O) groups is 2. The number of carbonyl (C=O) groups excluding carboxylic acids is 2. The van der Waals surface area contributed by atoms with Crippen molar-refractivity contribution in [2.45, 2.75) is 6.04 Å². The zero-order valence-corrected chi connectivity index (χ0v) is 17.1. The predicted octanol–water partition coefficient (Wildman–Crippen LogP) is 1.93. The van der Waals surface area contributed by atoms with E-state index in [-0.39, 0.29) is 48.9 Å². The third kappa shape index (κ3) is 4.86. The van der Waals surface area contributed by atoms with Gasteiger partial charge in [-0.25, -0.2) is 0 Å². The van der Waals surface area contributed by atoms with Crippen molar-refractivity contribution in [2.24, 2.45) is 0 Å². The van der Waals surface area contributed by atoms with E-state index in [4.69, 9.17) is 9.84 Å². The van der Waals surface area contributed by atoms with Crippen LogP contribution in [-0.2, 0) is 14.3 Å². The monoisotopic (exact) mass is 457 g/mol. The molecule has 0 spiro atoms. The Kier molecular flexibility index (Phi) is 7.10. The molecule has 0 unspecified atom stereocenters. The largest absolute Gasteiger partial charge is 0.507 e. The average molecular weight is 457 g/mol. The standard InChI is InChI=1S/C21H19N3O9/c25-10-12-33-11-9-22-18(13-1-5-15(6-2-13)23(29)30)17(20(27)21(22)28)19(26)14-3-7-16(8-4-14)24(31)32/h1-8,18,25-26H,9-12H2/t18-/m0/s1. The Hall–Kier alpha value is -4.16. The molecule has 0 aliphatic carbocycles. The molecule has 12 heteroatoms. The highest BCUT2D eigenvalue weighted by Crippen LogP contribution is 2.39. The number of Topliss-reactive ketones (excluding diaryl/α,β-unsaturated/α-hetero) is 1. The maximum Gasteiger partial charge on any atom is 0.295 e. The summed E-state index contributed by atoms with van der Waals surface area (Å²) in [6.45, 7) is -0.266. The third-order valence-corrected chi connectivity index (χ3v) is 5.02. The van der Waals surface area contributed by atoms with Gasteiger partial charge in [-0.15, -0.1) is 0 Å². The van der Waals surface area contributed by atoms with E-state index >= 15 is 0 Å². The number of nitrogens with zero attached hydrogens (tertiary/aromatic N) is 3. The normalized spacial score (nSPS) is 17.4. The number of ether oxygens (including phenoxy) is 1. The van der Waals surface area contributed by atoms with Crippen LogP contribution in [0.15, 0.2) is 54.1 Å². The molecule has 172 valence electrons. The number of hydrogen-bond acceptors (Lipinski definition) is 9. The summed E-state index contributed by atoms with van der Waals surface area (Å²) in [4.78, 5) is 47.4. The number of nitro groups is 2. The summed E-state index contributed by atoms with van der Waals surface area (Å²) in [7, 11) is 0. The molecule has 1 atom stereocenters. The number of amides is 1. The second-order valence-corrected chi connectivity index (χ2v) is 6.98. The molecular formula is C21H19N3O9.